The van der Waals surface area contributed by atoms with Crippen LogP contribution in [0.5, 0.6) is 0 Å². The minimum Gasteiger partial charge on any atom is -0.435 e. The Labute approximate surface area is 95.7 Å². The first-order valence-electron chi connectivity index (χ1n) is 4.81. The van der Waals surface area contributed by atoms with E-state index in [-0.39, 0.29) is 0 Å². The summed E-state index contributed by atoms with van der Waals surface area (Å²) in [6.07, 6.45) is 1.77. The van der Waals surface area contributed by atoms with Crippen LogP contribution in [0.4, 0.5) is 5.69 Å². The molecule has 3 rings (SSSR count). The number of nitrogens with two attached hydrogens (primary N) is 1. The second-order valence-electron chi connectivity index (χ2n) is 3.49. The van der Waals surface area contributed by atoms with Gasteiger partial charge in [-0.1, -0.05) is 0 Å². The number of benzene rings is 1. The zero-order valence-electron chi connectivity index (χ0n) is 8.60. The minimum atomic E-state index is 0.603. The van der Waals surface area contributed by atoms with E-state index < -0.39 is 0 Å². The van der Waals surface area contributed by atoms with Gasteiger partial charge < -0.3 is 10.2 Å². The molecule has 0 amide bonds. The van der Waals surface area contributed by atoms with E-state index >= 15 is 0 Å². The maximum Gasteiger partial charge on any atom is 0.239 e. The van der Waals surface area contributed by atoms with Crippen LogP contribution in [0.1, 0.15) is 5.01 Å². The molecule has 0 fully saturated rings. The van der Waals surface area contributed by atoms with Gasteiger partial charge in [0.05, 0.1) is 11.2 Å². The lowest BCUT2D eigenvalue weighted by molar-refractivity contribution is 0.621. The lowest BCUT2D eigenvalue weighted by Gasteiger charge is -1.88. The first kappa shape index (κ1) is 9.35. The topological polar surface area (TPSA) is 64.9 Å². The van der Waals surface area contributed by atoms with Gasteiger partial charge in [0.25, 0.3) is 0 Å². The molecular weight excluding hydrogens is 222 g/mol. The molecule has 0 bridgehead atoms. The maximum absolute atomic E-state index is 5.68. The molecule has 1 aromatic carbocycles. The van der Waals surface area contributed by atoms with Crippen molar-refractivity contribution in [2.24, 2.45) is 0 Å². The maximum atomic E-state index is 5.68. The van der Waals surface area contributed by atoms with Crippen LogP contribution >= 0.6 is 11.3 Å². The highest BCUT2D eigenvalue weighted by Crippen LogP contribution is 2.28. The van der Waals surface area contributed by atoms with Crippen molar-refractivity contribution in [3.8, 4) is 10.8 Å². The van der Waals surface area contributed by atoms with Crippen molar-refractivity contribution < 1.29 is 4.42 Å². The number of aryl methyl sites for hydroxylation is 1. The molecule has 0 atom stereocenters. The van der Waals surface area contributed by atoms with Crippen LogP contribution in [0.2, 0.25) is 0 Å². The fourth-order valence-electron chi connectivity index (χ4n) is 1.51. The summed E-state index contributed by atoms with van der Waals surface area (Å²) in [7, 11) is 0. The quantitative estimate of drug-likeness (QED) is 0.654. The molecule has 80 valence electrons. The zero-order chi connectivity index (χ0) is 11.1. The third-order valence-electron chi connectivity index (χ3n) is 2.24. The second kappa shape index (κ2) is 3.31. The molecule has 5 heteroatoms. The lowest BCUT2D eigenvalue weighted by atomic mass is 10.3. The number of hydrogen-bond acceptors (Lipinski definition) is 5. The molecule has 0 aliphatic carbocycles. The highest BCUT2D eigenvalue weighted by Gasteiger charge is 2.10. The van der Waals surface area contributed by atoms with Crippen LogP contribution < -0.4 is 5.73 Å². The second-order valence-corrected chi connectivity index (χ2v) is 4.72. The SMILES string of the molecule is Cc1ncc(-c2nc3ccc(N)cc3o2)s1. The van der Waals surface area contributed by atoms with Gasteiger partial charge in [-0.25, -0.2) is 9.97 Å². The normalized spacial score (nSPS) is 11.1. The number of anilines is 1. The highest BCUT2D eigenvalue weighted by atomic mass is 32.1. The van der Waals surface area contributed by atoms with Crippen LogP contribution in [0, 0.1) is 6.92 Å². The van der Waals surface area contributed by atoms with Gasteiger partial charge in [0.15, 0.2) is 5.58 Å². The lowest BCUT2D eigenvalue weighted by Crippen LogP contribution is -1.81. The summed E-state index contributed by atoms with van der Waals surface area (Å²) in [4.78, 5) is 9.50. The predicted octanol–water partition coefficient (Wildman–Crippen LogP) is 2.84. The van der Waals surface area contributed by atoms with Crippen molar-refractivity contribution in [1.82, 2.24) is 9.97 Å². The van der Waals surface area contributed by atoms with Gasteiger partial charge in [0.2, 0.25) is 5.89 Å². The summed E-state index contributed by atoms with van der Waals surface area (Å²) in [6.45, 7) is 1.95. The number of hydrogen-bond donors (Lipinski definition) is 1. The molecule has 2 heterocycles. The summed E-state index contributed by atoms with van der Waals surface area (Å²) in [5.41, 5.74) is 7.88. The van der Waals surface area contributed by atoms with Gasteiger partial charge >= 0.3 is 0 Å². The summed E-state index contributed by atoms with van der Waals surface area (Å²) < 4.78 is 5.63. The van der Waals surface area contributed by atoms with E-state index in [1.807, 2.05) is 19.1 Å². The Morgan fingerprint density at radius 2 is 2.25 bits per heavy atom. The van der Waals surface area contributed by atoms with Crippen molar-refractivity contribution in [3.63, 3.8) is 0 Å². The molecule has 2 N–H and O–H groups in total. The molecule has 0 radical (unpaired) electrons. The number of aromatic nitrogens is 2. The summed E-state index contributed by atoms with van der Waals surface area (Å²) in [6, 6.07) is 5.44. The smallest absolute Gasteiger partial charge is 0.239 e. The fraction of sp³-hybridized carbons (Fsp3) is 0.0909. The number of rotatable bonds is 1. The zero-order valence-corrected chi connectivity index (χ0v) is 9.41. The van der Waals surface area contributed by atoms with E-state index in [1.165, 1.54) is 0 Å². The van der Waals surface area contributed by atoms with E-state index in [0.717, 1.165) is 15.4 Å². The third-order valence-corrected chi connectivity index (χ3v) is 3.15. The van der Waals surface area contributed by atoms with E-state index in [2.05, 4.69) is 9.97 Å². The average Bonchev–Trinajstić information content (AvgIpc) is 2.83. The number of nitrogen functional groups attached to an aromatic ring is 1. The van der Waals surface area contributed by atoms with Crippen LogP contribution in [-0.4, -0.2) is 9.97 Å². The Bertz CT molecular complexity index is 656. The number of thiazole rings is 1. The van der Waals surface area contributed by atoms with Crippen molar-refractivity contribution in [2.45, 2.75) is 6.92 Å². The molecule has 3 aromatic rings. The largest absolute Gasteiger partial charge is 0.435 e. The Balaban J connectivity index is 2.18. The molecule has 0 saturated heterocycles. The van der Waals surface area contributed by atoms with Crippen molar-refractivity contribution >= 4 is 28.1 Å². The monoisotopic (exact) mass is 231 g/mol. The van der Waals surface area contributed by atoms with Crippen molar-refractivity contribution in [1.29, 1.82) is 0 Å². The molecule has 0 aliphatic heterocycles. The molecule has 16 heavy (non-hydrogen) atoms. The van der Waals surface area contributed by atoms with Crippen LogP contribution in [0.15, 0.2) is 28.8 Å². The fourth-order valence-corrected chi connectivity index (χ4v) is 2.21. The van der Waals surface area contributed by atoms with Gasteiger partial charge in [0.1, 0.15) is 10.4 Å². The van der Waals surface area contributed by atoms with Crippen molar-refractivity contribution in [2.75, 3.05) is 5.73 Å². The summed E-state index contributed by atoms with van der Waals surface area (Å²) in [5.74, 6) is 0.603. The number of oxazole rings is 1. The van der Waals surface area contributed by atoms with Crippen LogP contribution in [0.25, 0.3) is 21.9 Å². The Morgan fingerprint density at radius 1 is 1.38 bits per heavy atom. The molecule has 0 spiro atoms. The van der Waals surface area contributed by atoms with E-state index in [4.69, 9.17) is 10.2 Å². The Hall–Kier alpha value is -1.88. The number of fused-ring (bicyclic) bond motifs is 1. The van der Waals surface area contributed by atoms with Gasteiger partial charge in [-0.15, -0.1) is 11.3 Å². The summed E-state index contributed by atoms with van der Waals surface area (Å²) >= 11 is 1.56. The molecule has 0 unspecified atom stereocenters. The minimum absolute atomic E-state index is 0.603. The molecular formula is C11H9N3OS. The number of nitrogens with zero attached hydrogens (tertiary/aromatic N) is 2. The van der Waals surface area contributed by atoms with Gasteiger partial charge in [-0.05, 0) is 19.1 Å². The molecule has 0 saturated carbocycles. The first-order valence-corrected chi connectivity index (χ1v) is 5.63. The Kier molecular flexibility index (Phi) is 1.94. The van der Waals surface area contributed by atoms with Gasteiger partial charge in [-0.2, -0.15) is 0 Å². The van der Waals surface area contributed by atoms with E-state index in [0.29, 0.717) is 17.2 Å². The van der Waals surface area contributed by atoms with Crippen LogP contribution in [-0.2, 0) is 0 Å². The summed E-state index contributed by atoms with van der Waals surface area (Å²) in [5, 5.41) is 0.997. The highest BCUT2D eigenvalue weighted by molar-refractivity contribution is 7.14. The van der Waals surface area contributed by atoms with Crippen molar-refractivity contribution in [3.05, 3.63) is 29.4 Å². The third kappa shape index (κ3) is 1.45. The standard InChI is InChI=1S/C11H9N3OS/c1-6-13-5-10(16-6)11-14-8-3-2-7(12)4-9(8)15-11/h2-5H,12H2,1H3. The Morgan fingerprint density at radius 3 is 3.00 bits per heavy atom. The van der Waals surface area contributed by atoms with E-state index in [9.17, 15) is 0 Å². The van der Waals surface area contributed by atoms with Gasteiger partial charge in [0, 0.05) is 11.8 Å². The molecule has 0 aliphatic rings. The average molecular weight is 231 g/mol. The van der Waals surface area contributed by atoms with E-state index in [1.54, 1.807) is 23.6 Å². The van der Waals surface area contributed by atoms with Gasteiger partial charge in [-0.3, -0.25) is 0 Å². The predicted molar refractivity (Wildman–Crippen MR) is 64.3 cm³/mol. The first-order chi connectivity index (χ1) is 7.72. The molecule has 2 aromatic heterocycles. The molecule has 4 nitrogen and oxygen atoms in total. The van der Waals surface area contributed by atoms with Crippen LogP contribution in [0.3, 0.4) is 0 Å².